The van der Waals surface area contributed by atoms with Gasteiger partial charge in [0.05, 0.1) is 13.2 Å². The van der Waals surface area contributed by atoms with E-state index in [1.807, 2.05) is 48.5 Å². The number of hydrogen-bond donors (Lipinski definition) is 0. The quantitative estimate of drug-likeness (QED) is 0.381. The summed E-state index contributed by atoms with van der Waals surface area (Å²) in [6, 6.07) is 15.7. The highest BCUT2D eigenvalue weighted by Gasteiger charge is 1.93. The van der Waals surface area contributed by atoms with Gasteiger partial charge in [0.25, 0.3) is 0 Å². The third-order valence-electron chi connectivity index (χ3n) is 2.90. The zero-order valence-corrected chi connectivity index (χ0v) is 15.3. The normalized spacial score (nSPS) is 10.8. The molecule has 0 aliphatic rings. The summed E-state index contributed by atoms with van der Waals surface area (Å²) < 4.78 is 13.4. The van der Waals surface area contributed by atoms with Crippen LogP contribution in [-0.2, 0) is 0 Å². The van der Waals surface area contributed by atoms with Crippen LogP contribution < -0.4 is 9.47 Å². The SMILES string of the molecule is Brc1ccc(OCCC=CCCOc2ccc(Br)cc2)cc1. The van der Waals surface area contributed by atoms with Crippen LogP contribution in [0.2, 0.25) is 0 Å². The van der Waals surface area contributed by atoms with Crippen molar-refractivity contribution in [3.05, 3.63) is 69.6 Å². The van der Waals surface area contributed by atoms with Crippen molar-refractivity contribution in [3.8, 4) is 11.5 Å². The van der Waals surface area contributed by atoms with E-state index >= 15 is 0 Å². The standard InChI is InChI=1S/C18H18Br2O2/c19-15-5-9-17(10-6-15)21-13-3-1-2-4-14-22-18-11-7-16(20)8-12-18/h1-2,5-12H,3-4,13-14H2. The Morgan fingerprint density at radius 2 is 1.00 bits per heavy atom. The fourth-order valence-corrected chi connectivity index (χ4v) is 2.32. The van der Waals surface area contributed by atoms with Crippen LogP contribution in [0.5, 0.6) is 11.5 Å². The van der Waals surface area contributed by atoms with Crippen molar-refractivity contribution in [2.45, 2.75) is 12.8 Å². The largest absolute Gasteiger partial charge is 0.493 e. The van der Waals surface area contributed by atoms with Crippen LogP contribution in [0.1, 0.15) is 12.8 Å². The number of benzene rings is 2. The molecule has 0 aromatic heterocycles. The second-order valence-electron chi connectivity index (χ2n) is 4.65. The lowest BCUT2D eigenvalue weighted by molar-refractivity contribution is 0.320. The Bertz CT molecular complexity index is 524. The summed E-state index contributed by atoms with van der Waals surface area (Å²) in [6.45, 7) is 1.37. The lowest BCUT2D eigenvalue weighted by Gasteiger charge is -2.04. The highest BCUT2D eigenvalue weighted by Crippen LogP contribution is 2.17. The molecule has 0 saturated heterocycles. The molecule has 0 unspecified atom stereocenters. The molecule has 22 heavy (non-hydrogen) atoms. The van der Waals surface area contributed by atoms with Crippen molar-refractivity contribution >= 4 is 31.9 Å². The van der Waals surface area contributed by atoms with Gasteiger partial charge in [-0.3, -0.25) is 0 Å². The summed E-state index contributed by atoms with van der Waals surface area (Å²) in [5.41, 5.74) is 0. The van der Waals surface area contributed by atoms with Gasteiger partial charge in [-0.05, 0) is 61.4 Å². The zero-order chi connectivity index (χ0) is 15.6. The highest BCUT2D eigenvalue weighted by atomic mass is 79.9. The van der Waals surface area contributed by atoms with Crippen LogP contribution in [0, 0.1) is 0 Å². The number of ether oxygens (including phenoxy) is 2. The summed E-state index contributed by atoms with van der Waals surface area (Å²) >= 11 is 6.80. The van der Waals surface area contributed by atoms with Gasteiger partial charge in [-0.15, -0.1) is 0 Å². The van der Waals surface area contributed by atoms with Gasteiger partial charge in [-0.25, -0.2) is 0 Å². The van der Waals surface area contributed by atoms with Gasteiger partial charge < -0.3 is 9.47 Å². The van der Waals surface area contributed by atoms with Crippen LogP contribution in [0.3, 0.4) is 0 Å². The van der Waals surface area contributed by atoms with Gasteiger partial charge in [0.15, 0.2) is 0 Å². The molecule has 0 saturated carbocycles. The molecule has 0 N–H and O–H groups in total. The summed E-state index contributed by atoms with van der Waals surface area (Å²) in [5.74, 6) is 1.80. The third kappa shape index (κ3) is 6.67. The molecule has 0 aliphatic carbocycles. The van der Waals surface area contributed by atoms with Gasteiger partial charge in [0, 0.05) is 8.95 Å². The van der Waals surface area contributed by atoms with E-state index in [2.05, 4.69) is 44.0 Å². The minimum absolute atomic E-state index is 0.686. The Labute approximate surface area is 148 Å². The van der Waals surface area contributed by atoms with Crippen LogP contribution in [0.25, 0.3) is 0 Å². The molecule has 2 rings (SSSR count). The average Bonchev–Trinajstić information content (AvgIpc) is 2.53. The van der Waals surface area contributed by atoms with Crippen LogP contribution >= 0.6 is 31.9 Å². The Hall–Kier alpha value is -1.26. The van der Waals surface area contributed by atoms with E-state index in [-0.39, 0.29) is 0 Å². The molecule has 2 nitrogen and oxygen atoms in total. The fraction of sp³-hybridized carbons (Fsp3) is 0.222. The molecule has 116 valence electrons. The molecule has 0 amide bonds. The van der Waals surface area contributed by atoms with Crippen molar-refractivity contribution in [3.63, 3.8) is 0 Å². The summed E-state index contributed by atoms with van der Waals surface area (Å²) in [6.07, 6.45) is 6.05. The van der Waals surface area contributed by atoms with E-state index < -0.39 is 0 Å². The topological polar surface area (TPSA) is 18.5 Å². The Kier molecular flexibility index (Phi) is 7.54. The second-order valence-corrected chi connectivity index (χ2v) is 6.48. The van der Waals surface area contributed by atoms with E-state index in [9.17, 15) is 0 Å². The van der Waals surface area contributed by atoms with Gasteiger partial charge in [0.2, 0.25) is 0 Å². The Balaban J connectivity index is 1.54. The molecule has 2 aromatic rings. The summed E-state index contributed by atoms with van der Waals surface area (Å²) in [5, 5.41) is 0. The van der Waals surface area contributed by atoms with E-state index in [1.54, 1.807) is 0 Å². The predicted octanol–water partition coefficient (Wildman–Crippen LogP) is 6.01. The first-order valence-corrected chi connectivity index (χ1v) is 8.74. The number of halogens is 2. The van der Waals surface area contributed by atoms with Crippen LogP contribution in [-0.4, -0.2) is 13.2 Å². The first-order chi connectivity index (χ1) is 10.7. The van der Waals surface area contributed by atoms with E-state index in [0.717, 1.165) is 33.3 Å². The lowest BCUT2D eigenvalue weighted by atomic mass is 10.3. The lowest BCUT2D eigenvalue weighted by Crippen LogP contribution is -1.96. The number of hydrogen-bond acceptors (Lipinski definition) is 2. The van der Waals surface area contributed by atoms with Gasteiger partial charge in [0.1, 0.15) is 11.5 Å². The first kappa shape index (κ1) is 17.1. The molecule has 4 heteroatoms. The van der Waals surface area contributed by atoms with Crippen molar-refractivity contribution in [2.24, 2.45) is 0 Å². The monoisotopic (exact) mass is 424 g/mol. The van der Waals surface area contributed by atoms with Gasteiger partial charge >= 0.3 is 0 Å². The molecule has 0 atom stereocenters. The van der Waals surface area contributed by atoms with Gasteiger partial charge in [-0.1, -0.05) is 44.0 Å². The van der Waals surface area contributed by atoms with Crippen molar-refractivity contribution in [2.75, 3.05) is 13.2 Å². The van der Waals surface area contributed by atoms with Gasteiger partial charge in [-0.2, -0.15) is 0 Å². The third-order valence-corrected chi connectivity index (χ3v) is 3.96. The second kappa shape index (κ2) is 9.70. The first-order valence-electron chi connectivity index (χ1n) is 7.16. The smallest absolute Gasteiger partial charge is 0.119 e. The Morgan fingerprint density at radius 3 is 1.36 bits per heavy atom. The molecular formula is C18H18Br2O2. The summed E-state index contributed by atoms with van der Waals surface area (Å²) in [7, 11) is 0. The Morgan fingerprint density at radius 1 is 0.636 bits per heavy atom. The maximum absolute atomic E-state index is 5.64. The maximum Gasteiger partial charge on any atom is 0.119 e. The fourth-order valence-electron chi connectivity index (χ4n) is 1.79. The van der Waals surface area contributed by atoms with Crippen LogP contribution in [0.4, 0.5) is 0 Å². The number of rotatable bonds is 8. The van der Waals surface area contributed by atoms with E-state index in [4.69, 9.17) is 9.47 Å². The van der Waals surface area contributed by atoms with Crippen molar-refractivity contribution in [1.82, 2.24) is 0 Å². The minimum Gasteiger partial charge on any atom is -0.493 e. The van der Waals surface area contributed by atoms with Crippen molar-refractivity contribution in [1.29, 1.82) is 0 Å². The molecule has 0 fully saturated rings. The van der Waals surface area contributed by atoms with Crippen LogP contribution in [0.15, 0.2) is 69.6 Å². The van der Waals surface area contributed by atoms with Crippen molar-refractivity contribution < 1.29 is 9.47 Å². The zero-order valence-electron chi connectivity index (χ0n) is 12.2. The highest BCUT2D eigenvalue weighted by molar-refractivity contribution is 9.10. The van der Waals surface area contributed by atoms with E-state index in [1.165, 1.54) is 0 Å². The molecule has 0 radical (unpaired) electrons. The minimum atomic E-state index is 0.686. The molecule has 0 bridgehead atoms. The molecular weight excluding hydrogens is 408 g/mol. The maximum atomic E-state index is 5.64. The molecule has 0 aliphatic heterocycles. The predicted molar refractivity (Wildman–Crippen MR) is 97.6 cm³/mol. The molecule has 0 spiro atoms. The summed E-state index contributed by atoms with van der Waals surface area (Å²) in [4.78, 5) is 0. The van der Waals surface area contributed by atoms with E-state index in [0.29, 0.717) is 13.2 Å². The average molecular weight is 426 g/mol. The molecule has 0 heterocycles. The molecule has 2 aromatic carbocycles.